The van der Waals surface area contributed by atoms with Crippen molar-refractivity contribution in [3.8, 4) is 17.5 Å². The van der Waals surface area contributed by atoms with Crippen LogP contribution in [0.3, 0.4) is 0 Å². The average molecular weight is 722 g/mol. The molecule has 215 valence electrons. The van der Waals surface area contributed by atoms with Crippen LogP contribution in [0.4, 0.5) is 5.82 Å². The number of ether oxygens (including phenoxy) is 4. The number of nitrogens with zero attached hydrogens (tertiary/aromatic N) is 4. The van der Waals surface area contributed by atoms with Gasteiger partial charge < -0.3 is 29.2 Å². The first kappa shape index (κ1) is 30.2. The van der Waals surface area contributed by atoms with E-state index in [4.69, 9.17) is 42.1 Å². The van der Waals surface area contributed by atoms with Gasteiger partial charge in [0.1, 0.15) is 43.9 Å². The Morgan fingerprint density at radius 2 is 1.85 bits per heavy atom. The minimum absolute atomic E-state index is 0. The number of methoxy groups -OCH3 is 1. The molecule has 4 heterocycles. The summed E-state index contributed by atoms with van der Waals surface area (Å²) in [6, 6.07) is 9.31. The van der Waals surface area contributed by atoms with Gasteiger partial charge in [-0.05, 0) is 49.7 Å². The molecule has 3 atom stereocenters. The second-order valence-electron chi connectivity index (χ2n) is 11.4. The summed E-state index contributed by atoms with van der Waals surface area (Å²) in [6.45, 7) is 11.0. The first-order chi connectivity index (χ1) is 19.5. The summed E-state index contributed by atoms with van der Waals surface area (Å²) >= 11 is 0. The van der Waals surface area contributed by atoms with Gasteiger partial charge in [-0.2, -0.15) is 9.97 Å². The zero-order valence-electron chi connectivity index (χ0n) is 24.6. The SMILES string of the molecule is CC.[B]c1c(C)c2c3c(nc(OCC4(COC)CC4)nc3c1OCc1ccc(C)cc1)N1C3C[N-]C(C3)C1CO2.[Ta]. The van der Waals surface area contributed by atoms with Crippen LogP contribution in [0.15, 0.2) is 24.3 Å². The second kappa shape index (κ2) is 12.1. The van der Waals surface area contributed by atoms with E-state index in [1.165, 1.54) is 5.56 Å². The van der Waals surface area contributed by atoms with Crippen LogP contribution < -0.4 is 24.6 Å². The Morgan fingerprint density at radius 3 is 2.56 bits per heavy atom. The molecule has 3 fully saturated rings. The molecule has 2 bridgehead atoms. The van der Waals surface area contributed by atoms with Crippen molar-refractivity contribution in [1.29, 1.82) is 0 Å². The van der Waals surface area contributed by atoms with Gasteiger partial charge in [0, 0.05) is 47.0 Å². The van der Waals surface area contributed by atoms with E-state index in [-0.39, 0.29) is 39.9 Å². The van der Waals surface area contributed by atoms with Gasteiger partial charge in [0.2, 0.25) is 0 Å². The molecule has 1 saturated carbocycles. The molecule has 2 aromatic carbocycles. The fourth-order valence-electron chi connectivity index (χ4n) is 6.17. The number of rotatable bonds is 8. The maximum Gasteiger partial charge on any atom is 0.319 e. The van der Waals surface area contributed by atoms with Crippen LogP contribution in [-0.2, 0) is 33.7 Å². The predicted molar refractivity (Wildman–Crippen MR) is 158 cm³/mol. The van der Waals surface area contributed by atoms with E-state index in [1.54, 1.807) is 7.11 Å². The summed E-state index contributed by atoms with van der Waals surface area (Å²) in [5, 5.41) is 5.69. The Bertz CT molecular complexity index is 1400. The number of aryl methyl sites for hydroxylation is 1. The molecule has 3 aliphatic heterocycles. The normalized spacial score (nSPS) is 22.6. The third-order valence-corrected chi connectivity index (χ3v) is 8.62. The smallest absolute Gasteiger partial charge is 0.319 e. The van der Waals surface area contributed by atoms with Gasteiger partial charge >= 0.3 is 6.01 Å². The number of fused-ring (bicyclic) bond motifs is 6. The Labute approximate surface area is 259 Å². The van der Waals surface area contributed by atoms with E-state index >= 15 is 0 Å². The van der Waals surface area contributed by atoms with E-state index in [0.717, 1.165) is 53.9 Å². The first-order valence-electron chi connectivity index (χ1n) is 14.5. The van der Waals surface area contributed by atoms with Crippen molar-refractivity contribution in [2.75, 3.05) is 38.4 Å². The number of hydrogen-bond acceptors (Lipinski definition) is 7. The molecule has 0 N–H and O–H groups in total. The van der Waals surface area contributed by atoms with Gasteiger partial charge in [0.25, 0.3) is 0 Å². The average Bonchev–Trinajstić information content (AvgIpc) is 3.50. The van der Waals surface area contributed by atoms with Crippen molar-refractivity contribution in [1.82, 2.24) is 9.97 Å². The second-order valence-corrected chi connectivity index (χ2v) is 11.4. The summed E-state index contributed by atoms with van der Waals surface area (Å²) in [7, 11) is 8.44. The van der Waals surface area contributed by atoms with Crippen LogP contribution in [0, 0.1) is 19.3 Å². The quantitative estimate of drug-likeness (QED) is 0.316. The van der Waals surface area contributed by atoms with E-state index in [1.807, 2.05) is 20.8 Å². The summed E-state index contributed by atoms with van der Waals surface area (Å²) < 4.78 is 24.6. The van der Waals surface area contributed by atoms with Gasteiger partial charge in [-0.25, -0.2) is 0 Å². The van der Waals surface area contributed by atoms with E-state index < -0.39 is 0 Å². The van der Waals surface area contributed by atoms with Gasteiger partial charge in [-0.15, -0.1) is 12.6 Å². The first-order valence-corrected chi connectivity index (χ1v) is 14.5. The maximum absolute atomic E-state index is 6.71. The van der Waals surface area contributed by atoms with Gasteiger partial charge in [0.05, 0.1) is 18.6 Å². The third kappa shape index (κ3) is 5.47. The number of aromatic nitrogens is 2. The van der Waals surface area contributed by atoms with Crippen LogP contribution in [0.2, 0.25) is 0 Å². The molecule has 2 saturated heterocycles. The van der Waals surface area contributed by atoms with Crippen LogP contribution in [-0.4, -0.2) is 69.4 Å². The van der Waals surface area contributed by atoms with Gasteiger partial charge in [-0.3, -0.25) is 0 Å². The molecule has 0 spiro atoms. The summed E-state index contributed by atoms with van der Waals surface area (Å²) in [4.78, 5) is 12.3. The molecule has 4 aliphatic rings. The fourth-order valence-corrected chi connectivity index (χ4v) is 6.17. The van der Waals surface area contributed by atoms with Gasteiger partial charge in [0.15, 0.2) is 0 Å². The number of benzene rings is 2. The standard InChI is InChI=1S/C29H32BN4O4.C2H6.Ta/c1-16-4-6-18(7-5-16)12-36-26-23(30)17(2)25-22-24(26)32-28(38-15-29(8-9-29)14-35-3)33-27(22)34-19-10-20(31-11-19)21(34)13-37-25;1-2;/h4-7,19-21H,8-15H2,1-3H3;1-2H3;/q-1;;. The van der Waals surface area contributed by atoms with E-state index in [2.05, 4.69) is 36.1 Å². The van der Waals surface area contributed by atoms with E-state index in [9.17, 15) is 0 Å². The Hall–Kier alpha value is -2.29. The zero-order chi connectivity index (χ0) is 28.0. The minimum atomic E-state index is 0. The molecule has 1 aromatic heterocycles. The summed E-state index contributed by atoms with van der Waals surface area (Å²) in [5.74, 6) is 2.11. The molecule has 3 unspecified atom stereocenters. The Morgan fingerprint density at radius 1 is 1.10 bits per heavy atom. The molecular formula is C31H38BN4O4Ta-. The molecule has 41 heavy (non-hydrogen) atoms. The zero-order valence-corrected chi connectivity index (χ0v) is 27.9. The Balaban J connectivity index is 0.00000110. The van der Waals surface area contributed by atoms with Crippen LogP contribution in [0.25, 0.3) is 16.2 Å². The van der Waals surface area contributed by atoms with Crippen molar-refractivity contribution in [2.45, 2.75) is 71.7 Å². The number of hydrogen-bond donors (Lipinski definition) is 0. The van der Waals surface area contributed by atoms with Crippen molar-refractivity contribution in [3.63, 3.8) is 0 Å². The molecule has 3 radical (unpaired) electrons. The Kier molecular flexibility index (Phi) is 8.93. The maximum atomic E-state index is 6.71. The topological polar surface area (TPSA) is 80.0 Å². The minimum Gasteiger partial charge on any atom is -0.656 e. The molecule has 0 amide bonds. The van der Waals surface area contributed by atoms with Crippen LogP contribution in [0.5, 0.6) is 17.5 Å². The predicted octanol–water partition coefficient (Wildman–Crippen LogP) is 4.54. The van der Waals surface area contributed by atoms with Crippen molar-refractivity contribution >= 4 is 30.0 Å². The van der Waals surface area contributed by atoms with Crippen molar-refractivity contribution in [3.05, 3.63) is 46.3 Å². The van der Waals surface area contributed by atoms with Crippen LogP contribution >= 0.6 is 0 Å². The third-order valence-electron chi connectivity index (χ3n) is 8.62. The number of piperazine rings is 1. The fraction of sp³-hybridized carbons (Fsp3) is 0.548. The molecule has 1 aliphatic carbocycles. The molecule has 7 rings (SSSR count). The van der Waals surface area contributed by atoms with Crippen molar-refractivity contribution < 1.29 is 41.3 Å². The molecule has 3 aromatic rings. The van der Waals surface area contributed by atoms with Crippen LogP contribution in [0.1, 0.15) is 49.8 Å². The monoisotopic (exact) mass is 722 g/mol. The largest absolute Gasteiger partial charge is 0.656 e. The molecule has 10 heteroatoms. The van der Waals surface area contributed by atoms with E-state index in [0.29, 0.717) is 55.2 Å². The summed E-state index contributed by atoms with van der Waals surface area (Å²) in [5.41, 5.74) is 4.31. The number of anilines is 1. The summed E-state index contributed by atoms with van der Waals surface area (Å²) in [6.07, 6.45) is 3.18. The molecule has 8 nitrogen and oxygen atoms in total. The molecular weight excluding hydrogens is 684 g/mol. The van der Waals surface area contributed by atoms with Gasteiger partial charge in [-0.1, -0.05) is 43.7 Å². The van der Waals surface area contributed by atoms with Crippen molar-refractivity contribution in [2.24, 2.45) is 5.41 Å².